The molecule has 0 bridgehead atoms. The topological polar surface area (TPSA) is 114 Å². The summed E-state index contributed by atoms with van der Waals surface area (Å²) in [6, 6.07) is 4.10. The zero-order valence-electron chi connectivity index (χ0n) is 11.5. The smallest absolute Gasteiger partial charge is 0.332 e. The van der Waals surface area contributed by atoms with E-state index in [1.165, 1.54) is 12.3 Å². The minimum atomic E-state index is -0.786. The first-order valence-corrected chi connectivity index (χ1v) is 6.70. The number of hydrogen-bond acceptors (Lipinski definition) is 5. The largest absolute Gasteiger partial charge is 0.366 e. The van der Waals surface area contributed by atoms with Crippen LogP contribution in [-0.4, -0.2) is 30.3 Å². The number of nitro groups is 1. The molecule has 1 saturated heterocycles. The van der Waals surface area contributed by atoms with Gasteiger partial charge in [0.25, 0.3) is 5.69 Å². The fourth-order valence-corrected chi connectivity index (χ4v) is 2.34. The second kappa shape index (κ2) is 6.69. The quantitative estimate of drug-likeness (QED) is 0.498. The second-order valence-electron chi connectivity index (χ2n) is 4.79. The number of nitrogens with two attached hydrogens (primary N) is 1. The van der Waals surface area contributed by atoms with Crippen LogP contribution in [0.2, 0.25) is 0 Å². The van der Waals surface area contributed by atoms with Gasteiger partial charge in [0.15, 0.2) is 0 Å². The van der Waals surface area contributed by atoms with Gasteiger partial charge in [0.05, 0.1) is 11.1 Å². The van der Waals surface area contributed by atoms with Gasteiger partial charge in [-0.2, -0.15) is 5.10 Å². The van der Waals surface area contributed by atoms with Crippen LogP contribution in [0.25, 0.3) is 0 Å². The average molecular weight is 291 g/mol. The van der Waals surface area contributed by atoms with Gasteiger partial charge in [0, 0.05) is 24.7 Å². The standard InChI is InChI=1S/C13H17N5O3/c14-13(19)16-15-9-10-4-5-11(12(8-10)18(20)21)17-6-2-1-3-7-17/h4-5,8-9H,1-3,6-7H2,(H3,14,16,19)/b15-9-. The Morgan fingerprint density at radius 2 is 2.10 bits per heavy atom. The van der Waals surface area contributed by atoms with Crippen LogP contribution in [0.4, 0.5) is 16.2 Å². The lowest BCUT2D eigenvalue weighted by molar-refractivity contribution is -0.384. The van der Waals surface area contributed by atoms with Crippen LogP contribution in [-0.2, 0) is 0 Å². The summed E-state index contributed by atoms with van der Waals surface area (Å²) >= 11 is 0. The minimum Gasteiger partial charge on any atom is -0.366 e. The van der Waals surface area contributed by atoms with Crippen LogP contribution in [0.5, 0.6) is 0 Å². The molecule has 1 aromatic rings. The highest BCUT2D eigenvalue weighted by Gasteiger charge is 2.21. The summed E-state index contributed by atoms with van der Waals surface area (Å²) in [6.45, 7) is 1.66. The van der Waals surface area contributed by atoms with Crippen molar-refractivity contribution in [3.63, 3.8) is 0 Å². The molecule has 21 heavy (non-hydrogen) atoms. The van der Waals surface area contributed by atoms with Crippen molar-refractivity contribution in [2.45, 2.75) is 19.3 Å². The van der Waals surface area contributed by atoms with E-state index in [0.717, 1.165) is 32.4 Å². The van der Waals surface area contributed by atoms with Gasteiger partial charge in [-0.25, -0.2) is 10.2 Å². The van der Waals surface area contributed by atoms with Gasteiger partial charge < -0.3 is 10.6 Å². The van der Waals surface area contributed by atoms with Crippen molar-refractivity contribution in [3.8, 4) is 0 Å². The molecule has 0 radical (unpaired) electrons. The third-order valence-corrected chi connectivity index (χ3v) is 3.28. The van der Waals surface area contributed by atoms with Crippen LogP contribution in [0.1, 0.15) is 24.8 Å². The first kappa shape index (κ1) is 14.8. The lowest BCUT2D eigenvalue weighted by Gasteiger charge is -2.28. The van der Waals surface area contributed by atoms with Gasteiger partial charge in [-0.1, -0.05) is 6.07 Å². The zero-order valence-corrected chi connectivity index (χ0v) is 11.5. The van der Waals surface area contributed by atoms with Crippen molar-refractivity contribution < 1.29 is 9.72 Å². The maximum atomic E-state index is 11.2. The van der Waals surface area contributed by atoms with E-state index in [0.29, 0.717) is 11.3 Å². The van der Waals surface area contributed by atoms with Crippen molar-refractivity contribution >= 4 is 23.6 Å². The van der Waals surface area contributed by atoms with E-state index < -0.39 is 11.0 Å². The number of piperidine rings is 1. The van der Waals surface area contributed by atoms with E-state index in [-0.39, 0.29) is 5.69 Å². The molecule has 1 aliphatic heterocycles. The van der Waals surface area contributed by atoms with Crippen molar-refractivity contribution in [2.24, 2.45) is 10.8 Å². The van der Waals surface area contributed by atoms with E-state index in [2.05, 4.69) is 5.10 Å². The third kappa shape index (κ3) is 3.91. The first-order valence-electron chi connectivity index (χ1n) is 6.70. The number of carbonyl (C=O) groups excluding carboxylic acids is 1. The summed E-state index contributed by atoms with van der Waals surface area (Å²) in [6.07, 6.45) is 4.57. The SMILES string of the molecule is NC(=O)N/N=C\c1ccc(N2CCCCC2)c([N+](=O)[O-])c1. The van der Waals surface area contributed by atoms with Gasteiger partial charge in [-0.3, -0.25) is 10.1 Å². The molecule has 112 valence electrons. The summed E-state index contributed by atoms with van der Waals surface area (Å²) in [5.74, 6) is 0. The number of urea groups is 1. The molecule has 8 nitrogen and oxygen atoms in total. The molecule has 1 aromatic carbocycles. The van der Waals surface area contributed by atoms with Gasteiger partial charge in [0.1, 0.15) is 5.69 Å². The van der Waals surface area contributed by atoms with Crippen LogP contribution in [0, 0.1) is 10.1 Å². The number of nitrogens with zero attached hydrogens (tertiary/aromatic N) is 3. The Balaban J connectivity index is 2.24. The molecule has 0 unspecified atom stereocenters. The highest BCUT2D eigenvalue weighted by molar-refractivity contribution is 5.84. The normalized spacial score (nSPS) is 15.1. The van der Waals surface area contributed by atoms with E-state index >= 15 is 0 Å². The molecule has 0 saturated carbocycles. The molecule has 2 amide bonds. The average Bonchev–Trinajstić information content (AvgIpc) is 2.47. The van der Waals surface area contributed by atoms with Crippen LogP contribution >= 0.6 is 0 Å². The molecule has 1 heterocycles. The summed E-state index contributed by atoms with van der Waals surface area (Å²) in [7, 11) is 0. The van der Waals surface area contributed by atoms with Crippen molar-refractivity contribution in [1.29, 1.82) is 0 Å². The maximum absolute atomic E-state index is 11.2. The molecule has 0 atom stereocenters. The summed E-state index contributed by atoms with van der Waals surface area (Å²) < 4.78 is 0. The number of anilines is 1. The Morgan fingerprint density at radius 3 is 2.71 bits per heavy atom. The monoisotopic (exact) mass is 291 g/mol. The van der Waals surface area contributed by atoms with Crippen molar-refractivity contribution in [1.82, 2.24) is 5.43 Å². The van der Waals surface area contributed by atoms with Gasteiger partial charge in [0.2, 0.25) is 0 Å². The van der Waals surface area contributed by atoms with E-state index in [1.807, 2.05) is 10.3 Å². The number of nitrogens with one attached hydrogen (secondary N) is 1. The van der Waals surface area contributed by atoms with Crippen LogP contribution < -0.4 is 16.1 Å². The Bertz CT molecular complexity index is 567. The lowest BCUT2D eigenvalue weighted by atomic mass is 10.1. The fourth-order valence-electron chi connectivity index (χ4n) is 2.34. The van der Waals surface area contributed by atoms with E-state index in [9.17, 15) is 14.9 Å². The minimum absolute atomic E-state index is 0.0416. The Labute approximate surface area is 121 Å². The predicted octanol–water partition coefficient (Wildman–Crippen LogP) is 1.59. The number of nitro benzene ring substituents is 1. The van der Waals surface area contributed by atoms with Crippen LogP contribution in [0.15, 0.2) is 23.3 Å². The molecular weight excluding hydrogens is 274 g/mol. The molecule has 8 heteroatoms. The number of hydrogen-bond donors (Lipinski definition) is 2. The number of primary amides is 1. The Morgan fingerprint density at radius 1 is 1.38 bits per heavy atom. The number of rotatable bonds is 4. The molecule has 2 rings (SSSR count). The highest BCUT2D eigenvalue weighted by atomic mass is 16.6. The van der Waals surface area contributed by atoms with E-state index in [4.69, 9.17) is 5.73 Å². The van der Waals surface area contributed by atoms with Gasteiger partial charge >= 0.3 is 6.03 Å². The van der Waals surface area contributed by atoms with Crippen molar-refractivity contribution in [3.05, 3.63) is 33.9 Å². The predicted molar refractivity (Wildman–Crippen MR) is 79.5 cm³/mol. The third-order valence-electron chi connectivity index (χ3n) is 3.28. The molecule has 0 aromatic heterocycles. The first-order chi connectivity index (χ1) is 10.1. The number of amides is 2. The Kier molecular flexibility index (Phi) is 4.70. The van der Waals surface area contributed by atoms with Crippen LogP contribution in [0.3, 0.4) is 0 Å². The summed E-state index contributed by atoms with van der Waals surface area (Å²) in [5, 5.41) is 14.8. The molecule has 0 spiro atoms. The number of benzene rings is 1. The second-order valence-corrected chi connectivity index (χ2v) is 4.79. The number of hydrazone groups is 1. The molecular formula is C13H17N5O3. The Hall–Kier alpha value is -2.64. The van der Waals surface area contributed by atoms with Gasteiger partial charge in [-0.15, -0.1) is 0 Å². The zero-order chi connectivity index (χ0) is 15.2. The molecule has 1 aliphatic rings. The van der Waals surface area contributed by atoms with E-state index in [1.54, 1.807) is 12.1 Å². The highest BCUT2D eigenvalue weighted by Crippen LogP contribution is 2.30. The molecule has 3 N–H and O–H groups in total. The summed E-state index contributed by atoms with van der Waals surface area (Å²) in [4.78, 5) is 23.4. The maximum Gasteiger partial charge on any atom is 0.332 e. The molecule has 1 fully saturated rings. The molecule has 0 aliphatic carbocycles. The van der Waals surface area contributed by atoms with Crippen molar-refractivity contribution in [2.75, 3.05) is 18.0 Å². The van der Waals surface area contributed by atoms with Gasteiger partial charge in [-0.05, 0) is 25.3 Å². The number of carbonyl (C=O) groups is 1. The lowest BCUT2D eigenvalue weighted by Crippen LogP contribution is -2.30. The summed E-state index contributed by atoms with van der Waals surface area (Å²) in [5.41, 5.74) is 8.12. The fraction of sp³-hybridized carbons (Fsp3) is 0.385.